The van der Waals surface area contributed by atoms with Crippen LogP contribution >= 0.6 is 0 Å². The highest BCUT2D eigenvalue weighted by Gasteiger charge is 2.37. The molecule has 2 rings (SSSR count). The fraction of sp³-hybridized carbons (Fsp3) is 0.733. The molecule has 1 heterocycles. The average molecular weight is 278 g/mol. The first kappa shape index (κ1) is 15.0. The van der Waals surface area contributed by atoms with Crippen LogP contribution in [0.3, 0.4) is 0 Å². The van der Waals surface area contributed by atoms with Gasteiger partial charge in [0.15, 0.2) is 0 Å². The second-order valence-corrected chi connectivity index (χ2v) is 5.98. The Morgan fingerprint density at radius 1 is 1.30 bits per heavy atom. The van der Waals surface area contributed by atoms with Crippen LogP contribution in [0.4, 0.5) is 11.6 Å². The molecule has 0 aliphatic heterocycles. The second-order valence-electron chi connectivity index (χ2n) is 5.98. The van der Waals surface area contributed by atoms with Crippen LogP contribution in [-0.2, 0) is 0 Å². The number of nitrogens with one attached hydrogen (secondary N) is 2. The molecule has 5 heteroatoms. The van der Waals surface area contributed by atoms with Gasteiger partial charge in [-0.15, -0.1) is 0 Å². The summed E-state index contributed by atoms with van der Waals surface area (Å²) in [5.74, 6) is 2.10. The summed E-state index contributed by atoms with van der Waals surface area (Å²) in [6, 6.07) is 0. The Hall–Kier alpha value is -1.36. The van der Waals surface area contributed by atoms with Crippen LogP contribution in [-0.4, -0.2) is 33.8 Å². The lowest BCUT2D eigenvalue weighted by Gasteiger charge is -2.42. The quantitative estimate of drug-likeness (QED) is 0.715. The highest BCUT2D eigenvalue weighted by atomic mass is 16.3. The molecule has 3 N–H and O–H groups in total. The molecule has 1 fully saturated rings. The summed E-state index contributed by atoms with van der Waals surface area (Å²) >= 11 is 0. The van der Waals surface area contributed by atoms with Gasteiger partial charge in [0.2, 0.25) is 0 Å². The molecule has 0 radical (unpaired) electrons. The van der Waals surface area contributed by atoms with Crippen molar-refractivity contribution < 1.29 is 5.11 Å². The Morgan fingerprint density at radius 2 is 2.00 bits per heavy atom. The Bertz CT molecular complexity index is 438. The van der Waals surface area contributed by atoms with Crippen molar-refractivity contribution in [1.29, 1.82) is 0 Å². The fourth-order valence-corrected chi connectivity index (χ4v) is 2.60. The van der Waals surface area contributed by atoms with Crippen LogP contribution in [0.1, 0.15) is 57.9 Å². The van der Waals surface area contributed by atoms with E-state index in [4.69, 9.17) is 0 Å². The fourth-order valence-electron chi connectivity index (χ4n) is 2.60. The standard InChI is InChI=1S/C15H26N4O/c1-4-8-16-13-12(11(2)3)14(18-10-17-13)19-15(9-20)6-5-7-15/h10-11,20H,4-9H2,1-3H3,(H2,16,17,18,19). The van der Waals surface area contributed by atoms with Gasteiger partial charge in [0.25, 0.3) is 0 Å². The van der Waals surface area contributed by atoms with Crippen LogP contribution in [0, 0.1) is 0 Å². The van der Waals surface area contributed by atoms with Crippen molar-refractivity contribution in [2.24, 2.45) is 0 Å². The van der Waals surface area contributed by atoms with E-state index in [-0.39, 0.29) is 12.1 Å². The van der Waals surface area contributed by atoms with E-state index in [0.717, 1.165) is 49.4 Å². The van der Waals surface area contributed by atoms with Gasteiger partial charge in [-0.1, -0.05) is 20.8 Å². The molecule has 112 valence electrons. The molecule has 20 heavy (non-hydrogen) atoms. The normalized spacial score (nSPS) is 16.9. The van der Waals surface area contributed by atoms with E-state index >= 15 is 0 Å². The van der Waals surface area contributed by atoms with E-state index in [1.54, 1.807) is 6.33 Å². The van der Waals surface area contributed by atoms with E-state index in [9.17, 15) is 5.11 Å². The maximum Gasteiger partial charge on any atom is 0.135 e. The van der Waals surface area contributed by atoms with Gasteiger partial charge < -0.3 is 15.7 Å². The summed E-state index contributed by atoms with van der Waals surface area (Å²) in [4.78, 5) is 8.78. The number of anilines is 2. The first-order valence-corrected chi connectivity index (χ1v) is 7.59. The molecule has 0 spiro atoms. The number of aliphatic hydroxyl groups is 1. The molecular formula is C15H26N4O. The van der Waals surface area contributed by atoms with Crippen LogP contribution < -0.4 is 10.6 Å². The maximum absolute atomic E-state index is 9.62. The van der Waals surface area contributed by atoms with E-state index in [1.807, 2.05) is 0 Å². The third kappa shape index (κ3) is 3.03. The predicted molar refractivity (Wildman–Crippen MR) is 82.2 cm³/mol. The lowest BCUT2D eigenvalue weighted by atomic mass is 9.77. The van der Waals surface area contributed by atoms with Gasteiger partial charge in [0.1, 0.15) is 18.0 Å². The number of rotatable bonds is 7. The van der Waals surface area contributed by atoms with Crippen LogP contribution in [0.2, 0.25) is 0 Å². The Morgan fingerprint density at radius 3 is 2.50 bits per heavy atom. The molecule has 0 bridgehead atoms. The Kier molecular flexibility index (Phi) is 4.81. The summed E-state index contributed by atoms with van der Waals surface area (Å²) in [7, 11) is 0. The molecular weight excluding hydrogens is 252 g/mol. The lowest BCUT2D eigenvalue weighted by Crippen LogP contribution is -2.48. The summed E-state index contributed by atoms with van der Waals surface area (Å²) in [6.07, 6.45) is 5.82. The largest absolute Gasteiger partial charge is 0.394 e. The minimum atomic E-state index is -0.181. The number of hydrogen-bond donors (Lipinski definition) is 3. The van der Waals surface area contributed by atoms with E-state index in [2.05, 4.69) is 41.4 Å². The van der Waals surface area contributed by atoms with Crippen molar-refractivity contribution in [3.8, 4) is 0 Å². The van der Waals surface area contributed by atoms with Crippen molar-refractivity contribution >= 4 is 11.6 Å². The minimum absolute atomic E-state index is 0.159. The van der Waals surface area contributed by atoms with Gasteiger partial charge >= 0.3 is 0 Å². The first-order valence-electron chi connectivity index (χ1n) is 7.59. The topological polar surface area (TPSA) is 70.1 Å². The zero-order valence-corrected chi connectivity index (χ0v) is 12.7. The monoisotopic (exact) mass is 278 g/mol. The van der Waals surface area contributed by atoms with Gasteiger partial charge in [-0.3, -0.25) is 0 Å². The maximum atomic E-state index is 9.62. The van der Waals surface area contributed by atoms with Crippen molar-refractivity contribution in [3.05, 3.63) is 11.9 Å². The van der Waals surface area contributed by atoms with Crippen molar-refractivity contribution in [2.45, 2.75) is 57.9 Å². The zero-order chi connectivity index (χ0) is 14.6. The van der Waals surface area contributed by atoms with E-state index < -0.39 is 0 Å². The molecule has 0 atom stereocenters. The molecule has 1 saturated carbocycles. The van der Waals surface area contributed by atoms with E-state index in [0.29, 0.717) is 5.92 Å². The van der Waals surface area contributed by atoms with Gasteiger partial charge in [0.05, 0.1) is 12.1 Å². The summed E-state index contributed by atoms with van der Waals surface area (Å²) in [6.45, 7) is 7.49. The molecule has 0 saturated heterocycles. The van der Waals surface area contributed by atoms with Crippen molar-refractivity contribution in [1.82, 2.24) is 9.97 Å². The van der Waals surface area contributed by atoms with Crippen molar-refractivity contribution in [3.63, 3.8) is 0 Å². The molecule has 1 aromatic heterocycles. The Labute approximate surface area is 121 Å². The molecule has 0 unspecified atom stereocenters. The third-order valence-corrected chi connectivity index (χ3v) is 4.00. The third-order valence-electron chi connectivity index (χ3n) is 4.00. The van der Waals surface area contributed by atoms with E-state index in [1.165, 1.54) is 0 Å². The predicted octanol–water partition coefficient (Wildman–Crippen LogP) is 2.75. The van der Waals surface area contributed by atoms with Crippen LogP contribution in [0.15, 0.2) is 6.33 Å². The molecule has 0 aromatic carbocycles. The average Bonchev–Trinajstić information content (AvgIpc) is 2.40. The smallest absolute Gasteiger partial charge is 0.135 e. The number of aliphatic hydroxyl groups excluding tert-OH is 1. The zero-order valence-electron chi connectivity index (χ0n) is 12.7. The van der Waals surface area contributed by atoms with Gasteiger partial charge in [-0.25, -0.2) is 9.97 Å². The summed E-state index contributed by atoms with van der Waals surface area (Å²) < 4.78 is 0. The highest BCUT2D eigenvalue weighted by Crippen LogP contribution is 2.37. The molecule has 1 aromatic rings. The number of hydrogen-bond acceptors (Lipinski definition) is 5. The van der Waals surface area contributed by atoms with Gasteiger partial charge in [-0.2, -0.15) is 0 Å². The summed E-state index contributed by atoms with van der Waals surface area (Å²) in [5.41, 5.74) is 0.931. The van der Waals surface area contributed by atoms with Gasteiger partial charge in [-0.05, 0) is 31.6 Å². The van der Waals surface area contributed by atoms with Crippen molar-refractivity contribution in [2.75, 3.05) is 23.8 Å². The van der Waals surface area contributed by atoms with Crippen LogP contribution in [0.25, 0.3) is 0 Å². The highest BCUT2D eigenvalue weighted by molar-refractivity contribution is 5.60. The van der Waals surface area contributed by atoms with Gasteiger partial charge in [0, 0.05) is 12.1 Å². The Balaban J connectivity index is 2.27. The SMILES string of the molecule is CCCNc1ncnc(NC2(CO)CCC2)c1C(C)C. The second kappa shape index (κ2) is 6.39. The molecule has 1 aliphatic rings. The lowest BCUT2D eigenvalue weighted by molar-refractivity contribution is 0.143. The minimum Gasteiger partial charge on any atom is -0.394 e. The molecule has 1 aliphatic carbocycles. The molecule has 5 nitrogen and oxygen atoms in total. The van der Waals surface area contributed by atoms with Crippen LogP contribution in [0.5, 0.6) is 0 Å². The number of aromatic nitrogens is 2. The molecule has 0 amide bonds. The summed E-state index contributed by atoms with van der Waals surface area (Å²) in [5, 5.41) is 16.5. The first-order chi connectivity index (χ1) is 9.62. The number of nitrogens with zero attached hydrogens (tertiary/aromatic N) is 2.